The summed E-state index contributed by atoms with van der Waals surface area (Å²) in [6.07, 6.45) is 1.85. The molecule has 1 nitrogen and oxygen atoms in total. The van der Waals surface area contributed by atoms with Gasteiger partial charge in [0, 0.05) is 4.47 Å². The summed E-state index contributed by atoms with van der Waals surface area (Å²) >= 11 is 3.52. The van der Waals surface area contributed by atoms with E-state index >= 15 is 0 Å². The zero-order valence-electron chi connectivity index (χ0n) is 12.5. The van der Waals surface area contributed by atoms with Crippen LogP contribution in [0, 0.1) is 18.7 Å². The summed E-state index contributed by atoms with van der Waals surface area (Å²) in [6, 6.07) is 13.4. The first-order valence-corrected chi connectivity index (χ1v) is 8.02. The van der Waals surface area contributed by atoms with Crippen LogP contribution in [0.15, 0.2) is 46.9 Å². The van der Waals surface area contributed by atoms with Crippen molar-refractivity contribution in [1.82, 2.24) is 5.32 Å². The number of nitrogens with one attached hydrogen (secondary N) is 1. The Labute approximate surface area is 134 Å². The Morgan fingerprint density at radius 3 is 2.52 bits per heavy atom. The number of hydrogen-bond donors (Lipinski definition) is 1. The van der Waals surface area contributed by atoms with Crippen molar-refractivity contribution in [2.75, 3.05) is 13.6 Å². The van der Waals surface area contributed by atoms with Crippen LogP contribution in [0.2, 0.25) is 0 Å². The Kier molecular flexibility index (Phi) is 5.95. The van der Waals surface area contributed by atoms with Gasteiger partial charge in [-0.05, 0) is 74.2 Å². The molecule has 0 aromatic heterocycles. The molecule has 1 N–H and O–H groups in total. The molecule has 3 heteroatoms. The molecule has 1 unspecified atom stereocenters. The summed E-state index contributed by atoms with van der Waals surface area (Å²) in [6.45, 7) is 3.06. The van der Waals surface area contributed by atoms with Crippen LogP contribution in [0.25, 0.3) is 0 Å². The Morgan fingerprint density at radius 2 is 1.81 bits per heavy atom. The topological polar surface area (TPSA) is 12.0 Å². The lowest BCUT2D eigenvalue weighted by molar-refractivity contribution is 0.490. The average molecular weight is 350 g/mol. The Morgan fingerprint density at radius 1 is 1.10 bits per heavy atom. The molecule has 0 spiro atoms. The number of halogens is 2. The van der Waals surface area contributed by atoms with Crippen molar-refractivity contribution in [2.45, 2.75) is 19.8 Å². The lowest BCUT2D eigenvalue weighted by atomic mass is 9.90. The maximum absolute atomic E-state index is 13.4. The summed E-state index contributed by atoms with van der Waals surface area (Å²) in [5.41, 5.74) is 3.71. The molecule has 0 saturated carbocycles. The molecule has 2 aromatic carbocycles. The fourth-order valence-corrected chi connectivity index (χ4v) is 3.07. The predicted octanol–water partition coefficient (Wildman–Crippen LogP) is 4.52. The van der Waals surface area contributed by atoms with Crippen molar-refractivity contribution in [3.63, 3.8) is 0 Å². The van der Waals surface area contributed by atoms with E-state index in [4.69, 9.17) is 0 Å². The summed E-state index contributed by atoms with van der Waals surface area (Å²) in [5, 5.41) is 3.25. The molecule has 0 aliphatic rings. The molecule has 1 atom stereocenters. The zero-order valence-corrected chi connectivity index (χ0v) is 14.1. The second-order valence-electron chi connectivity index (χ2n) is 5.49. The number of benzene rings is 2. The number of aryl methyl sites for hydroxylation is 1. The van der Waals surface area contributed by atoms with Crippen molar-refractivity contribution in [2.24, 2.45) is 5.92 Å². The SMILES string of the molecule is CNCC(Cc1ccccc1C)Cc1cc(F)ccc1Br. The maximum Gasteiger partial charge on any atom is 0.123 e. The van der Waals surface area contributed by atoms with E-state index in [1.807, 2.05) is 7.05 Å². The van der Waals surface area contributed by atoms with Gasteiger partial charge in [0.1, 0.15) is 5.82 Å². The smallest absolute Gasteiger partial charge is 0.123 e. The minimum Gasteiger partial charge on any atom is -0.319 e. The molecule has 0 aliphatic carbocycles. The van der Waals surface area contributed by atoms with Crippen molar-refractivity contribution in [1.29, 1.82) is 0 Å². The Balaban J connectivity index is 2.16. The molecule has 112 valence electrons. The second-order valence-corrected chi connectivity index (χ2v) is 6.35. The quantitative estimate of drug-likeness (QED) is 0.808. The van der Waals surface area contributed by atoms with Gasteiger partial charge in [-0.25, -0.2) is 4.39 Å². The highest BCUT2D eigenvalue weighted by Crippen LogP contribution is 2.23. The molecule has 0 amide bonds. The molecule has 0 fully saturated rings. The molecule has 0 radical (unpaired) electrons. The Bertz CT molecular complexity index is 598. The minimum atomic E-state index is -0.174. The number of rotatable bonds is 6. The largest absolute Gasteiger partial charge is 0.319 e. The fourth-order valence-electron chi connectivity index (χ4n) is 2.67. The van der Waals surface area contributed by atoms with Crippen LogP contribution in [0.1, 0.15) is 16.7 Å². The predicted molar refractivity (Wildman–Crippen MR) is 90.1 cm³/mol. The van der Waals surface area contributed by atoms with Crippen molar-refractivity contribution < 1.29 is 4.39 Å². The van der Waals surface area contributed by atoms with Crippen LogP contribution in [0.5, 0.6) is 0 Å². The normalized spacial score (nSPS) is 12.4. The van der Waals surface area contributed by atoms with E-state index in [0.717, 1.165) is 29.4 Å². The molecule has 0 saturated heterocycles. The van der Waals surface area contributed by atoms with E-state index < -0.39 is 0 Å². The van der Waals surface area contributed by atoms with Gasteiger partial charge in [-0.2, -0.15) is 0 Å². The van der Waals surface area contributed by atoms with E-state index in [2.05, 4.69) is 52.4 Å². The van der Waals surface area contributed by atoms with Crippen molar-refractivity contribution in [3.05, 3.63) is 69.4 Å². The molecule has 0 bridgehead atoms. The number of hydrogen-bond acceptors (Lipinski definition) is 1. The van der Waals surface area contributed by atoms with Crippen molar-refractivity contribution in [3.8, 4) is 0 Å². The average Bonchev–Trinajstić information content (AvgIpc) is 2.45. The third kappa shape index (κ3) is 4.65. The monoisotopic (exact) mass is 349 g/mol. The molecule has 0 heterocycles. The van der Waals surface area contributed by atoms with Gasteiger partial charge >= 0.3 is 0 Å². The standard InChI is InChI=1S/C18H21BrFN/c1-13-5-3-4-6-15(13)9-14(12-21-2)10-16-11-17(20)7-8-18(16)19/h3-8,11,14,21H,9-10,12H2,1-2H3. The third-order valence-electron chi connectivity index (χ3n) is 3.78. The summed E-state index contributed by atoms with van der Waals surface area (Å²) in [5.74, 6) is 0.265. The molecule has 21 heavy (non-hydrogen) atoms. The summed E-state index contributed by atoms with van der Waals surface area (Å²) in [4.78, 5) is 0. The van der Waals surface area contributed by atoms with E-state index in [1.165, 1.54) is 17.2 Å². The molecule has 0 aliphatic heterocycles. The van der Waals surface area contributed by atoms with Crippen LogP contribution >= 0.6 is 15.9 Å². The lowest BCUT2D eigenvalue weighted by Crippen LogP contribution is -2.23. The van der Waals surface area contributed by atoms with Gasteiger partial charge < -0.3 is 5.32 Å². The minimum absolute atomic E-state index is 0.174. The first-order valence-electron chi connectivity index (χ1n) is 7.23. The van der Waals surface area contributed by atoms with Crippen LogP contribution in [0.4, 0.5) is 4.39 Å². The highest BCUT2D eigenvalue weighted by molar-refractivity contribution is 9.10. The lowest BCUT2D eigenvalue weighted by Gasteiger charge is -2.19. The molecule has 2 aromatic rings. The van der Waals surface area contributed by atoms with Gasteiger partial charge in [0.25, 0.3) is 0 Å². The van der Waals surface area contributed by atoms with E-state index in [9.17, 15) is 4.39 Å². The van der Waals surface area contributed by atoms with Gasteiger partial charge in [0.05, 0.1) is 0 Å². The van der Waals surface area contributed by atoms with E-state index in [0.29, 0.717) is 5.92 Å². The highest BCUT2D eigenvalue weighted by Gasteiger charge is 2.13. The van der Waals surface area contributed by atoms with Gasteiger partial charge in [0.2, 0.25) is 0 Å². The summed E-state index contributed by atoms with van der Waals surface area (Å²) in [7, 11) is 1.96. The third-order valence-corrected chi connectivity index (χ3v) is 4.55. The fraction of sp³-hybridized carbons (Fsp3) is 0.333. The van der Waals surface area contributed by atoms with Crippen molar-refractivity contribution >= 4 is 15.9 Å². The van der Waals surface area contributed by atoms with Gasteiger partial charge in [0.15, 0.2) is 0 Å². The molecular formula is C18H21BrFN. The molecule has 2 rings (SSSR count). The Hall–Kier alpha value is -1.19. The maximum atomic E-state index is 13.4. The van der Waals surface area contributed by atoms with Crippen LogP contribution in [-0.4, -0.2) is 13.6 Å². The highest BCUT2D eigenvalue weighted by atomic mass is 79.9. The first kappa shape index (κ1) is 16.2. The van der Waals surface area contributed by atoms with E-state index in [1.54, 1.807) is 12.1 Å². The van der Waals surface area contributed by atoms with Crippen LogP contribution < -0.4 is 5.32 Å². The van der Waals surface area contributed by atoms with Crippen LogP contribution in [-0.2, 0) is 12.8 Å². The van der Waals surface area contributed by atoms with Gasteiger partial charge in [-0.3, -0.25) is 0 Å². The summed E-state index contributed by atoms with van der Waals surface area (Å²) < 4.78 is 14.4. The second kappa shape index (κ2) is 7.71. The van der Waals surface area contributed by atoms with Gasteiger partial charge in [-0.1, -0.05) is 40.2 Å². The first-order chi connectivity index (χ1) is 10.1. The van der Waals surface area contributed by atoms with Crippen LogP contribution in [0.3, 0.4) is 0 Å². The zero-order chi connectivity index (χ0) is 15.2. The van der Waals surface area contributed by atoms with Gasteiger partial charge in [-0.15, -0.1) is 0 Å². The molecular weight excluding hydrogens is 329 g/mol. The van der Waals surface area contributed by atoms with E-state index in [-0.39, 0.29) is 5.82 Å².